The van der Waals surface area contributed by atoms with E-state index in [9.17, 15) is 4.79 Å². The largest absolute Gasteiger partial charge is 0.359 e. The van der Waals surface area contributed by atoms with Crippen LogP contribution in [0.2, 0.25) is 0 Å². The lowest BCUT2D eigenvalue weighted by atomic mass is 10.0. The van der Waals surface area contributed by atoms with E-state index in [4.69, 9.17) is 5.73 Å². The standard InChI is InChI=1S/C15H20N4O/c1-17-15(20)7-8-19-11-18-10-14(19)13(16)9-12-5-3-2-4-6-12/h2-6,10-11,13H,7-9,16H2,1H3,(H,17,20)/t13-/m1/s1. The number of nitrogens with one attached hydrogen (secondary N) is 1. The van der Waals surface area contributed by atoms with Gasteiger partial charge < -0.3 is 15.6 Å². The highest BCUT2D eigenvalue weighted by Gasteiger charge is 2.12. The predicted octanol–water partition coefficient (Wildman–Crippen LogP) is 1.26. The molecule has 2 rings (SSSR count). The van der Waals surface area contributed by atoms with Gasteiger partial charge in [0.1, 0.15) is 0 Å². The van der Waals surface area contributed by atoms with E-state index in [1.807, 2.05) is 22.8 Å². The first-order chi connectivity index (χ1) is 9.70. The Labute approximate surface area is 118 Å². The van der Waals surface area contributed by atoms with Crippen molar-refractivity contribution in [3.8, 4) is 0 Å². The first-order valence-corrected chi connectivity index (χ1v) is 6.71. The number of aromatic nitrogens is 2. The molecule has 2 aromatic rings. The summed E-state index contributed by atoms with van der Waals surface area (Å²) in [7, 11) is 1.64. The zero-order valence-electron chi connectivity index (χ0n) is 11.6. The number of imidazole rings is 1. The zero-order chi connectivity index (χ0) is 14.4. The van der Waals surface area contributed by atoms with E-state index in [0.717, 1.165) is 12.1 Å². The summed E-state index contributed by atoms with van der Waals surface area (Å²) in [5.74, 6) is 0.0151. The molecule has 0 unspecified atom stereocenters. The Morgan fingerprint density at radius 3 is 2.85 bits per heavy atom. The Kier molecular flexibility index (Phi) is 4.90. The van der Waals surface area contributed by atoms with Crippen molar-refractivity contribution in [2.45, 2.75) is 25.4 Å². The average Bonchev–Trinajstić information content (AvgIpc) is 2.94. The lowest BCUT2D eigenvalue weighted by Crippen LogP contribution is -2.22. The minimum Gasteiger partial charge on any atom is -0.359 e. The molecule has 106 valence electrons. The molecule has 1 aromatic heterocycles. The SMILES string of the molecule is CNC(=O)CCn1cncc1[C@H](N)Cc1ccccc1. The molecule has 0 saturated carbocycles. The van der Waals surface area contributed by atoms with Crippen LogP contribution in [-0.2, 0) is 17.8 Å². The van der Waals surface area contributed by atoms with Crippen LogP contribution in [-0.4, -0.2) is 22.5 Å². The summed E-state index contributed by atoms with van der Waals surface area (Å²) in [4.78, 5) is 15.4. The van der Waals surface area contributed by atoms with Gasteiger partial charge in [-0.05, 0) is 12.0 Å². The van der Waals surface area contributed by atoms with Crippen LogP contribution in [0, 0.1) is 0 Å². The second-order valence-electron chi connectivity index (χ2n) is 4.73. The van der Waals surface area contributed by atoms with Crippen LogP contribution in [0.15, 0.2) is 42.9 Å². The monoisotopic (exact) mass is 272 g/mol. The molecule has 1 amide bonds. The molecule has 0 radical (unpaired) electrons. The first kappa shape index (κ1) is 14.3. The van der Waals surface area contributed by atoms with E-state index < -0.39 is 0 Å². The molecule has 20 heavy (non-hydrogen) atoms. The molecule has 1 heterocycles. The van der Waals surface area contributed by atoms with Crippen molar-refractivity contribution < 1.29 is 4.79 Å². The molecule has 0 aliphatic heterocycles. The third-order valence-electron chi connectivity index (χ3n) is 3.28. The normalized spacial score (nSPS) is 12.1. The van der Waals surface area contributed by atoms with Gasteiger partial charge in [-0.25, -0.2) is 4.98 Å². The van der Waals surface area contributed by atoms with Gasteiger partial charge in [0.2, 0.25) is 5.91 Å². The fraction of sp³-hybridized carbons (Fsp3) is 0.333. The van der Waals surface area contributed by atoms with Crippen molar-refractivity contribution in [2.75, 3.05) is 7.05 Å². The number of carbonyl (C=O) groups is 1. The Balaban J connectivity index is 2.01. The summed E-state index contributed by atoms with van der Waals surface area (Å²) in [6.45, 7) is 0.595. The summed E-state index contributed by atoms with van der Waals surface area (Å²) in [5, 5.41) is 2.61. The topological polar surface area (TPSA) is 72.9 Å². The smallest absolute Gasteiger partial charge is 0.221 e. The van der Waals surface area contributed by atoms with Gasteiger partial charge in [0.15, 0.2) is 0 Å². The molecule has 3 N–H and O–H groups in total. The number of nitrogens with zero attached hydrogens (tertiary/aromatic N) is 2. The fourth-order valence-electron chi connectivity index (χ4n) is 2.15. The maximum absolute atomic E-state index is 11.3. The highest BCUT2D eigenvalue weighted by Crippen LogP contribution is 2.16. The molecule has 0 saturated heterocycles. The summed E-state index contributed by atoms with van der Waals surface area (Å²) in [5.41, 5.74) is 8.40. The molecular weight excluding hydrogens is 252 g/mol. The van der Waals surface area contributed by atoms with Gasteiger partial charge in [-0.3, -0.25) is 4.79 Å². The van der Waals surface area contributed by atoms with E-state index in [1.54, 1.807) is 19.6 Å². The molecule has 1 aromatic carbocycles. The van der Waals surface area contributed by atoms with Gasteiger partial charge in [0, 0.05) is 26.2 Å². The third kappa shape index (κ3) is 3.68. The lowest BCUT2D eigenvalue weighted by Gasteiger charge is -2.14. The van der Waals surface area contributed by atoms with Gasteiger partial charge in [-0.2, -0.15) is 0 Å². The minimum absolute atomic E-state index is 0.0151. The third-order valence-corrected chi connectivity index (χ3v) is 3.28. The number of benzene rings is 1. The van der Waals surface area contributed by atoms with E-state index in [1.165, 1.54) is 5.56 Å². The Morgan fingerprint density at radius 2 is 2.15 bits per heavy atom. The highest BCUT2D eigenvalue weighted by molar-refractivity contribution is 5.75. The van der Waals surface area contributed by atoms with E-state index in [0.29, 0.717) is 13.0 Å². The van der Waals surface area contributed by atoms with E-state index in [-0.39, 0.29) is 11.9 Å². The Hall–Kier alpha value is -2.14. The number of nitrogens with two attached hydrogens (primary N) is 1. The fourth-order valence-corrected chi connectivity index (χ4v) is 2.15. The van der Waals surface area contributed by atoms with Crippen LogP contribution in [0.1, 0.15) is 23.7 Å². The van der Waals surface area contributed by atoms with Crippen molar-refractivity contribution in [2.24, 2.45) is 5.73 Å². The molecule has 0 fully saturated rings. The molecule has 5 nitrogen and oxygen atoms in total. The van der Waals surface area contributed by atoms with Gasteiger partial charge >= 0.3 is 0 Å². The second kappa shape index (κ2) is 6.86. The Bertz CT molecular complexity index is 550. The number of carbonyl (C=O) groups excluding carboxylic acids is 1. The van der Waals surface area contributed by atoms with Crippen molar-refractivity contribution in [3.63, 3.8) is 0 Å². The Morgan fingerprint density at radius 1 is 1.40 bits per heavy atom. The molecule has 0 spiro atoms. The number of rotatable bonds is 6. The number of hydrogen-bond acceptors (Lipinski definition) is 3. The average molecular weight is 272 g/mol. The van der Waals surface area contributed by atoms with Crippen LogP contribution < -0.4 is 11.1 Å². The van der Waals surface area contributed by atoms with Crippen molar-refractivity contribution in [3.05, 3.63) is 54.1 Å². The molecule has 1 atom stereocenters. The molecule has 0 aliphatic rings. The van der Waals surface area contributed by atoms with Crippen LogP contribution in [0.4, 0.5) is 0 Å². The summed E-state index contributed by atoms with van der Waals surface area (Å²) in [6.07, 6.45) is 4.69. The van der Waals surface area contributed by atoms with Gasteiger partial charge in [0.05, 0.1) is 18.1 Å². The minimum atomic E-state index is -0.121. The van der Waals surface area contributed by atoms with Gasteiger partial charge in [-0.15, -0.1) is 0 Å². The van der Waals surface area contributed by atoms with Gasteiger partial charge in [0.25, 0.3) is 0 Å². The summed E-state index contributed by atoms with van der Waals surface area (Å²) >= 11 is 0. The molecule has 0 bridgehead atoms. The van der Waals surface area contributed by atoms with E-state index in [2.05, 4.69) is 22.4 Å². The summed E-state index contributed by atoms with van der Waals surface area (Å²) in [6, 6.07) is 10.00. The molecule has 0 aliphatic carbocycles. The van der Waals surface area contributed by atoms with Crippen molar-refractivity contribution >= 4 is 5.91 Å². The maximum Gasteiger partial charge on any atom is 0.221 e. The zero-order valence-corrected chi connectivity index (χ0v) is 11.6. The second-order valence-corrected chi connectivity index (χ2v) is 4.73. The highest BCUT2D eigenvalue weighted by atomic mass is 16.1. The van der Waals surface area contributed by atoms with Gasteiger partial charge in [-0.1, -0.05) is 30.3 Å². The quantitative estimate of drug-likeness (QED) is 0.831. The predicted molar refractivity (Wildman–Crippen MR) is 78.0 cm³/mol. The first-order valence-electron chi connectivity index (χ1n) is 6.71. The number of aryl methyl sites for hydroxylation is 1. The van der Waals surface area contributed by atoms with E-state index >= 15 is 0 Å². The van der Waals surface area contributed by atoms with Crippen LogP contribution >= 0.6 is 0 Å². The molecule has 5 heteroatoms. The van der Waals surface area contributed by atoms with Crippen LogP contribution in [0.5, 0.6) is 0 Å². The van der Waals surface area contributed by atoms with Crippen LogP contribution in [0.25, 0.3) is 0 Å². The molecular formula is C15H20N4O. The lowest BCUT2D eigenvalue weighted by molar-refractivity contribution is -0.120. The van der Waals surface area contributed by atoms with Crippen molar-refractivity contribution in [1.82, 2.24) is 14.9 Å². The number of amides is 1. The maximum atomic E-state index is 11.3. The van der Waals surface area contributed by atoms with Crippen LogP contribution in [0.3, 0.4) is 0 Å². The summed E-state index contributed by atoms with van der Waals surface area (Å²) < 4.78 is 1.95. The number of hydrogen-bond donors (Lipinski definition) is 2. The van der Waals surface area contributed by atoms with Crippen molar-refractivity contribution in [1.29, 1.82) is 0 Å².